The fourth-order valence-electron chi connectivity index (χ4n) is 2.87. The van der Waals surface area contributed by atoms with Gasteiger partial charge in [-0.2, -0.15) is 0 Å². The van der Waals surface area contributed by atoms with E-state index in [-0.39, 0.29) is 31.1 Å². The molecule has 0 radical (unpaired) electrons. The summed E-state index contributed by atoms with van der Waals surface area (Å²) in [5.74, 6) is -0.959. The number of carbonyl (C=O) groups excluding carboxylic acids is 3. The third-order valence-electron chi connectivity index (χ3n) is 3.36. The predicted octanol–water partition coefficient (Wildman–Crippen LogP) is 2.06. The predicted molar refractivity (Wildman–Crippen MR) is 102 cm³/mol. The van der Waals surface area contributed by atoms with E-state index in [1.807, 2.05) is 19.9 Å². The SMILES string of the molecule is CC(C)(C)CC(C)(C)NC(=O)COC(=O)CNC(=O)COc1ccccc1. The van der Waals surface area contributed by atoms with Crippen LogP contribution in [0.25, 0.3) is 0 Å². The molecule has 27 heavy (non-hydrogen) atoms. The fourth-order valence-corrected chi connectivity index (χ4v) is 2.87. The maximum atomic E-state index is 12.0. The zero-order valence-electron chi connectivity index (χ0n) is 16.8. The molecule has 7 nitrogen and oxygen atoms in total. The molecule has 0 atom stereocenters. The van der Waals surface area contributed by atoms with Gasteiger partial charge in [0.1, 0.15) is 12.3 Å². The van der Waals surface area contributed by atoms with Gasteiger partial charge in [-0.25, -0.2) is 0 Å². The van der Waals surface area contributed by atoms with E-state index >= 15 is 0 Å². The smallest absolute Gasteiger partial charge is 0.325 e. The highest BCUT2D eigenvalue weighted by molar-refractivity contribution is 5.85. The van der Waals surface area contributed by atoms with Crippen LogP contribution in [0.3, 0.4) is 0 Å². The summed E-state index contributed by atoms with van der Waals surface area (Å²) in [6.45, 7) is 9.19. The second-order valence-electron chi connectivity index (χ2n) is 8.21. The van der Waals surface area contributed by atoms with Crippen molar-refractivity contribution in [2.45, 2.75) is 46.6 Å². The van der Waals surface area contributed by atoms with Crippen molar-refractivity contribution in [2.75, 3.05) is 19.8 Å². The molecule has 2 N–H and O–H groups in total. The average molecular weight is 378 g/mol. The van der Waals surface area contributed by atoms with Crippen molar-refractivity contribution in [1.82, 2.24) is 10.6 Å². The van der Waals surface area contributed by atoms with Crippen molar-refractivity contribution in [3.05, 3.63) is 30.3 Å². The Bertz CT molecular complexity index is 636. The Hall–Kier alpha value is -2.57. The summed E-state index contributed by atoms with van der Waals surface area (Å²) >= 11 is 0. The van der Waals surface area contributed by atoms with Crippen LogP contribution in [-0.2, 0) is 19.1 Å². The van der Waals surface area contributed by atoms with Gasteiger partial charge in [-0.1, -0.05) is 39.0 Å². The van der Waals surface area contributed by atoms with E-state index in [0.717, 1.165) is 6.42 Å². The van der Waals surface area contributed by atoms with E-state index in [9.17, 15) is 14.4 Å². The van der Waals surface area contributed by atoms with Crippen molar-refractivity contribution in [3.8, 4) is 5.75 Å². The van der Waals surface area contributed by atoms with Crippen molar-refractivity contribution in [1.29, 1.82) is 0 Å². The third kappa shape index (κ3) is 10.9. The molecule has 0 bridgehead atoms. The topological polar surface area (TPSA) is 93.7 Å². The van der Waals surface area contributed by atoms with E-state index in [1.165, 1.54) is 0 Å². The molecular formula is C20H30N2O5. The van der Waals surface area contributed by atoms with E-state index in [1.54, 1.807) is 24.3 Å². The maximum Gasteiger partial charge on any atom is 0.325 e. The molecule has 0 unspecified atom stereocenters. The molecule has 0 spiro atoms. The summed E-state index contributed by atoms with van der Waals surface area (Å²) < 4.78 is 10.2. The van der Waals surface area contributed by atoms with Crippen LogP contribution in [0.2, 0.25) is 0 Å². The van der Waals surface area contributed by atoms with Crippen molar-refractivity contribution >= 4 is 17.8 Å². The molecule has 0 saturated heterocycles. The van der Waals surface area contributed by atoms with Gasteiger partial charge in [0.05, 0.1) is 0 Å². The van der Waals surface area contributed by atoms with Gasteiger partial charge in [-0.3, -0.25) is 14.4 Å². The molecule has 1 aromatic carbocycles. The lowest BCUT2D eigenvalue weighted by atomic mass is 9.82. The van der Waals surface area contributed by atoms with Crippen LogP contribution in [0, 0.1) is 5.41 Å². The van der Waals surface area contributed by atoms with Crippen molar-refractivity contribution in [2.24, 2.45) is 5.41 Å². The molecule has 0 aliphatic heterocycles. The summed E-state index contributed by atoms with van der Waals surface area (Å²) in [5.41, 5.74) is -0.357. The first-order valence-electron chi connectivity index (χ1n) is 8.88. The Balaban J connectivity index is 2.24. The van der Waals surface area contributed by atoms with Gasteiger partial charge < -0.3 is 20.1 Å². The fraction of sp³-hybridized carbons (Fsp3) is 0.550. The number of hydrogen-bond acceptors (Lipinski definition) is 5. The van der Waals surface area contributed by atoms with Crippen LogP contribution in [0.1, 0.15) is 41.0 Å². The minimum Gasteiger partial charge on any atom is -0.484 e. The highest BCUT2D eigenvalue weighted by atomic mass is 16.5. The Labute approximate surface area is 160 Å². The number of benzene rings is 1. The van der Waals surface area contributed by atoms with Gasteiger partial charge in [0.15, 0.2) is 13.2 Å². The quantitative estimate of drug-likeness (QED) is 0.642. The number of nitrogens with one attached hydrogen (secondary N) is 2. The summed E-state index contributed by atoms with van der Waals surface area (Å²) in [5, 5.41) is 5.23. The number of rotatable bonds is 9. The van der Waals surface area contributed by atoms with Gasteiger partial charge in [0.2, 0.25) is 0 Å². The van der Waals surface area contributed by atoms with Crippen molar-refractivity contribution in [3.63, 3.8) is 0 Å². The first-order valence-corrected chi connectivity index (χ1v) is 8.88. The lowest BCUT2D eigenvalue weighted by Crippen LogP contribution is -2.47. The lowest BCUT2D eigenvalue weighted by Gasteiger charge is -2.33. The van der Waals surface area contributed by atoms with E-state index in [2.05, 4.69) is 31.4 Å². The standard InChI is InChI=1S/C20H30N2O5/c1-19(2,3)14-20(4,5)22-17(24)13-27-18(25)11-21-16(23)12-26-15-9-7-6-8-10-15/h6-10H,11-14H2,1-5H3,(H,21,23)(H,22,24). The lowest BCUT2D eigenvalue weighted by molar-refractivity contribution is -0.149. The molecule has 0 aliphatic carbocycles. The summed E-state index contributed by atoms with van der Waals surface area (Å²) in [7, 11) is 0. The highest BCUT2D eigenvalue weighted by Crippen LogP contribution is 2.26. The molecule has 1 aromatic rings. The summed E-state index contributed by atoms with van der Waals surface area (Å²) in [4.78, 5) is 35.3. The molecule has 2 amide bonds. The third-order valence-corrected chi connectivity index (χ3v) is 3.36. The van der Waals surface area contributed by atoms with Crippen LogP contribution in [0.15, 0.2) is 30.3 Å². The Morgan fingerprint density at radius 1 is 0.926 bits per heavy atom. The molecular weight excluding hydrogens is 348 g/mol. The maximum absolute atomic E-state index is 12.0. The second-order valence-corrected chi connectivity index (χ2v) is 8.21. The Kier molecular flexibility index (Phi) is 8.28. The molecule has 0 aliphatic rings. The number of amides is 2. The van der Waals surface area contributed by atoms with Crippen LogP contribution >= 0.6 is 0 Å². The summed E-state index contributed by atoms with van der Waals surface area (Å²) in [6, 6.07) is 8.86. The monoisotopic (exact) mass is 378 g/mol. The number of esters is 1. The average Bonchev–Trinajstić information content (AvgIpc) is 2.54. The molecule has 150 valence electrons. The first kappa shape index (κ1) is 22.5. The number of hydrogen-bond donors (Lipinski definition) is 2. The minimum absolute atomic E-state index is 0.0551. The van der Waals surface area contributed by atoms with Gasteiger partial charge in [-0.05, 0) is 37.8 Å². The van der Waals surface area contributed by atoms with Gasteiger partial charge >= 0.3 is 5.97 Å². The van der Waals surface area contributed by atoms with Crippen LogP contribution in [-0.4, -0.2) is 43.1 Å². The normalized spacial score (nSPS) is 11.4. The molecule has 7 heteroatoms. The molecule has 0 aromatic heterocycles. The molecule has 0 saturated carbocycles. The van der Waals surface area contributed by atoms with Gasteiger partial charge in [0, 0.05) is 5.54 Å². The minimum atomic E-state index is -0.688. The van der Waals surface area contributed by atoms with Gasteiger partial charge in [0.25, 0.3) is 11.8 Å². The van der Waals surface area contributed by atoms with Crippen LogP contribution < -0.4 is 15.4 Å². The number of ether oxygens (including phenoxy) is 2. The molecule has 0 fully saturated rings. The number of para-hydroxylation sites is 1. The summed E-state index contributed by atoms with van der Waals surface area (Å²) in [6.07, 6.45) is 0.775. The van der Waals surface area contributed by atoms with E-state index in [4.69, 9.17) is 9.47 Å². The molecule has 0 heterocycles. The van der Waals surface area contributed by atoms with Crippen LogP contribution in [0.4, 0.5) is 0 Å². The first-order chi connectivity index (χ1) is 12.5. The highest BCUT2D eigenvalue weighted by Gasteiger charge is 2.27. The van der Waals surface area contributed by atoms with Crippen molar-refractivity contribution < 1.29 is 23.9 Å². The largest absolute Gasteiger partial charge is 0.484 e. The second kappa shape index (κ2) is 9.94. The Morgan fingerprint density at radius 2 is 1.56 bits per heavy atom. The molecule has 1 rings (SSSR count). The van der Waals surface area contributed by atoms with E-state index < -0.39 is 17.4 Å². The van der Waals surface area contributed by atoms with Gasteiger partial charge in [-0.15, -0.1) is 0 Å². The van der Waals surface area contributed by atoms with E-state index in [0.29, 0.717) is 5.75 Å². The Morgan fingerprint density at radius 3 is 2.15 bits per heavy atom. The zero-order chi connectivity index (χ0) is 20.5. The number of carbonyl (C=O) groups is 3. The zero-order valence-corrected chi connectivity index (χ0v) is 16.8. The van der Waals surface area contributed by atoms with Crippen LogP contribution in [0.5, 0.6) is 5.75 Å².